The molecule has 3 aromatic heterocycles. The van der Waals surface area contributed by atoms with Crippen LogP contribution in [0, 0.1) is 6.92 Å². The van der Waals surface area contributed by atoms with Crippen LogP contribution in [0.15, 0.2) is 42.7 Å². The maximum absolute atomic E-state index is 13.0. The molecular weight excluding hydrogens is 338 g/mol. The number of hydrogen-bond donors (Lipinski definition) is 0. The van der Waals surface area contributed by atoms with E-state index in [1.54, 1.807) is 22.9 Å². The molecule has 1 aliphatic rings. The van der Waals surface area contributed by atoms with Crippen molar-refractivity contribution in [3.05, 3.63) is 59.1 Å². The molecule has 1 saturated heterocycles. The third-order valence-electron chi connectivity index (χ3n) is 4.50. The average Bonchev–Trinajstić information content (AvgIpc) is 2.97. The van der Waals surface area contributed by atoms with Gasteiger partial charge in [0.25, 0.3) is 5.91 Å². The Morgan fingerprint density at radius 3 is 2.64 bits per heavy atom. The van der Waals surface area contributed by atoms with Crippen LogP contribution in [-0.4, -0.2) is 51.4 Å². The number of nitrogens with zero attached hydrogens (tertiary/aromatic N) is 5. The quantitative estimate of drug-likeness (QED) is 0.709. The van der Waals surface area contributed by atoms with E-state index in [1.165, 1.54) is 0 Å². The van der Waals surface area contributed by atoms with Crippen molar-refractivity contribution in [3.63, 3.8) is 0 Å². The number of pyridine rings is 2. The molecule has 4 rings (SSSR count). The normalized spacial score (nSPS) is 15.0. The number of fused-ring (bicyclic) bond motifs is 1. The summed E-state index contributed by atoms with van der Waals surface area (Å²) in [7, 11) is 0. The van der Waals surface area contributed by atoms with Crippen molar-refractivity contribution in [3.8, 4) is 0 Å². The summed E-state index contributed by atoms with van der Waals surface area (Å²) in [6.07, 6.45) is 3.53. The molecule has 4 heterocycles. The predicted octanol–water partition coefficient (Wildman–Crippen LogP) is 2.65. The molecule has 0 radical (unpaired) electrons. The van der Waals surface area contributed by atoms with Crippen LogP contribution < -0.4 is 4.90 Å². The Morgan fingerprint density at radius 1 is 1.12 bits per heavy atom. The summed E-state index contributed by atoms with van der Waals surface area (Å²) in [5.41, 5.74) is 2.04. The van der Waals surface area contributed by atoms with Crippen LogP contribution in [0.2, 0.25) is 5.02 Å². The highest BCUT2D eigenvalue weighted by Gasteiger charge is 2.26. The van der Waals surface area contributed by atoms with Crippen molar-refractivity contribution in [1.29, 1.82) is 0 Å². The minimum Gasteiger partial charge on any atom is -0.353 e. The number of carbonyl (C=O) groups excluding carboxylic acids is 1. The van der Waals surface area contributed by atoms with Crippen LogP contribution in [0.1, 0.15) is 16.2 Å². The van der Waals surface area contributed by atoms with Gasteiger partial charge in [-0.1, -0.05) is 17.7 Å². The third kappa shape index (κ3) is 2.93. The minimum atomic E-state index is -0.00654. The van der Waals surface area contributed by atoms with Crippen LogP contribution >= 0.6 is 11.6 Å². The number of anilines is 1. The van der Waals surface area contributed by atoms with E-state index in [9.17, 15) is 4.79 Å². The van der Waals surface area contributed by atoms with Gasteiger partial charge in [-0.3, -0.25) is 9.20 Å². The maximum Gasteiger partial charge on any atom is 0.272 e. The van der Waals surface area contributed by atoms with Crippen LogP contribution in [0.5, 0.6) is 0 Å². The van der Waals surface area contributed by atoms with E-state index in [0.29, 0.717) is 23.8 Å². The van der Waals surface area contributed by atoms with Crippen LogP contribution in [0.25, 0.3) is 5.65 Å². The Labute approximate surface area is 150 Å². The lowest BCUT2D eigenvalue weighted by Gasteiger charge is -2.35. The summed E-state index contributed by atoms with van der Waals surface area (Å²) >= 11 is 6.09. The molecule has 25 heavy (non-hydrogen) atoms. The van der Waals surface area contributed by atoms with Crippen molar-refractivity contribution >= 4 is 29.0 Å². The molecule has 7 heteroatoms. The van der Waals surface area contributed by atoms with E-state index in [-0.39, 0.29) is 5.91 Å². The summed E-state index contributed by atoms with van der Waals surface area (Å²) in [6.45, 7) is 4.70. The molecule has 0 aromatic carbocycles. The van der Waals surface area contributed by atoms with Gasteiger partial charge in [-0.2, -0.15) is 0 Å². The zero-order valence-corrected chi connectivity index (χ0v) is 14.6. The molecule has 0 atom stereocenters. The number of rotatable bonds is 2. The Balaban J connectivity index is 1.55. The first-order chi connectivity index (χ1) is 12.1. The van der Waals surface area contributed by atoms with Crippen LogP contribution in [0.4, 0.5) is 5.82 Å². The Morgan fingerprint density at radius 2 is 1.92 bits per heavy atom. The molecule has 0 N–H and O–H groups in total. The summed E-state index contributed by atoms with van der Waals surface area (Å²) in [5, 5.41) is 0.582. The SMILES string of the molecule is Cc1nc2ccc(Cl)cn2c1C(=O)N1CCN(c2ccccn2)CC1. The minimum absolute atomic E-state index is 0.00654. The number of amides is 1. The third-order valence-corrected chi connectivity index (χ3v) is 4.72. The van der Waals surface area contributed by atoms with Crippen molar-refractivity contribution in [2.45, 2.75) is 6.92 Å². The Hall–Kier alpha value is -2.60. The highest BCUT2D eigenvalue weighted by atomic mass is 35.5. The molecule has 1 fully saturated rings. The van der Waals surface area contributed by atoms with E-state index in [2.05, 4.69) is 14.9 Å². The number of halogens is 1. The first-order valence-electron chi connectivity index (χ1n) is 8.23. The van der Waals surface area contributed by atoms with Gasteiger partial charge in [0.15, 0.2) is 0 Å². The Kier molecular flexibility index (Phi) is 4.05. The summed E-state index contributed by atoms with van der Waals surface area (Å²) in [6, 6.07) is 9.48. The lowest BCUT2D eigenvalue weighted by molar-refractivity contribution is 0.0738. The number of piperazine rings is 1. The second kappa shape index (κ2) is 6.37. The van der Waals surface area contributed by atoms with Crippen molar-refractivity contribution in [2.24, 2.45) is 0 Å². The van der Waals surface area contributed by atoms with Gasteiger partial charge >= 0.3 is 0 Å². The highest BCUT2D eigenvalue weighted by molar-refractivity contribution is 6.30. The monoisotopic (exact) mass is 355 g/mol. The second-order valence-electron chi connectivity index (χ2n) is 6.09. The number of aromatic nitrogens is 3. The molecule has 0 unspecified atom stereocenters. The molecule has 0 spiro atoms. The van der Waals surface area contributed by atoms with Gasteiger partial charge in [0.05, 0.1) is 10.7 Å². The topological polar surface area (TPSA) is 53.7 Å². The fraction of sp³-hybridized carbons (Fsp3) is 0.278. The van der Waals surface area contributed by atoms with E-state index < -0.39 is 0 Å². The summed E-state index contributed by atoms with van der Waals surface area (Å²) in [4.78, 5) is 26.0. The second-order valence-corrected chi connectivity index (χ2v) is 6.52. The standard InChI is InChI=1S/C18H18ClN5O/c1-13-17(24-12-14(19)5-6-16(24)21-13)18(25)23-10-8-22(9-11-23)15-4-2-3-7-20-15/h2-7,12H,8-11H2,1H3. The highest BCUT2D eigenvalue weighted by Crippen LogP contribution is 2.19. The first-order valence-corrected chi connectivity index (χ1v) is 8.61. The molecule has 128 valence electrons. The first kappa shape index (κ1) is 15.9. The summed E-state index contributed by atoms with van der Waals surface area (Å²) < 4.78 is 1.78. The Bertz CT molecular complexity index is 916. The smallest absolute Gasteiger partial charge is 0.272 e. The zero-order chi connectivity index (χ0) is 17.4. The average molecular weight is 356 g/mol. The van der Waals surface area contributed by atoms with Gasteiger partial charge in [-0.15, -0.1) is 0 Å². The van der Waals surface area contributed by atoms with Crippen LogP contribution in [-0.2, 0) is 0 Å². The summed E-state index contributed by atoms with van der Waals surface area (Å²) in [5.74, 6) is 0.945. The number of carbonyl (C=O) groups is 1. The van der Waals surface area contributed by atoms with Crippen LogP contribution in [0.3, 0.4) is 0 Å². The largest absolute Gasteiger partial charge is 0.353 e. The van der Waals surface area contributed by atoms with Gasteiger partial charge in [-0.25, -0.2) is 9.97 Å². The van der Waals surface area contributed by atoms with Gasteiger partial charge < -0.3 is 9.80 Å². The van der Waals surface area contributed by atoms with E-state index in [4.69, 9.17) is 11.6 Å². The van der Waals surface area contributed by atoms with E-state index in [0.717, 1.165) is 30.2 Å². The van der Waals surface area contributed by atoms with Gasteiger partial charge in [0.2, 0.25) is 0 Å². The van der Waals surface area contributed by atoms with Crippen molar-refractivity contribution in [1.82, 2.24) is 19.3 Å². The van der Waals surface area contributed by atoms with Gasteiger partial charge in [0, 0.05) is 38.6 Å². The van der Waals surface area contributed by atoms with Gasteiger partial charge in [-0.05, 0) is 31.2 Å². The molecular formula is C18H18ClN5O. The zero-order valence-electron chi connectivity index (χ0n) is 13.9. The van der Waals surface area contributed by atoms with E-state index in [1.807, 2.05) is 36.1 Å². The fourth-order valence-corrected chi connectivity index (χ4v) is 3.38. The molecule has 0 bridgehead atoms. The molecule has 0 saturated carbocycles. The fourth-order valence-electron chi connectivity index (χ4n) is 3.22. The number of hydrogen-bond acceptors (Lipinski definition) is 4. The molecule has 3 aromatic rings. The van der Waals surface area contributed by atoms with Crippen molar-refractivity contribution in [2.75, 3.05) is 31.1 Å². The van der Waals surface area contributed by atoms with E-state index >= 15 is 0 Å². The van der Waals surface area contributed by atoms with Gasteiger partial charge in [0.1, 0.15) is 17.2 Å². The molecule has 1 aliphatic heterocycles. The lowest BCUT2D eigenvalue weighted by Crippen LogP contribution is -2.49. The maximum atomic E-state index is 13.0. The molecule has 1 amide bonds. The molecule has 6 nitrogen and oxygen atoms in total. The molecule has 0 aliphatic carbocycles. The van der Waals surface area contributed by atoms with Crippen molar-refractivity contribution < 1.29 is 4.79 Å². The predicted molar refractivity (Wildman–Crippen MR) is 97.3 cm³/mol. The number of imidazole rings is 1. The lowest BCUT2D eigenvalue weighted by atomic mass is 10.2. The number of aryl methyl sites for hydroxylation is 1.